The number of nitrogens with zero attached hydrogens (tertiary/aromatic N) is 2. The fourth-order valence-corrected chi connectivity index (χ4v) is 2.15. The Kier molecular flexibility index (Phi) is 5.52. The zero-order chi connectivity index (χ0) is 15.2. The van der Waals surface area contributed by atoms with Crippen molar-refractivity contribution < 1.29 is 4.79 Å². The summed E-state index contributed by atoms with van der Waals surface area (Å²) < 4.78 is 0.690. The molecule has 2 N–H and O–H groups in total. The standard InChI is InChI=1S/C14H14BrClN4O/c1-2-6-18-12-4-3-10(16)13(20-12)14(21)19-11-5-7-17-8-9(11)15/h3-5,7-8H,2,6H2,1H3,(H,18,20)(H,17,19,21). The number of rotatable bonds is 5. The molecule has 0 aliphatic rings. The van der Waals surface area contributed by atoms with Gasteiger partial charge in [0, 0.05) is 18.9 Å². The molecule has 21 heavy (non-hydrogen) atoms. The molecule has 0 aromatic carbocycles. The fourth-order valence-electron chi connectivity index (χ4n) is 1.61. The Labute approximate surface area is 136 Å². The Hall–Kier alpha value is -1.66. The second-order valence-corrected chi connectivity index (χ2v) is 5.52. The van der Waals surface area contributed by atoms with Gasteiger partial charge in [0.1, 0.15) is 11.5 Å². The average Bonchev–Trinajstić information content (AvgIpc) is 2.48. The second kappa shape index (κ2) is 7.38. The lowest BCUT2D eigenvalue weighted by atomic mass is 10.3. The number of hydrogen-bond donors (Lipinski definition) is 2. The van der Waals surface area contributed by atoms with Gasteiger partial charge in [-0.2, -0.15) is 0 Å². The molecule has 2 aromatic heterocycles. The second-order valence-electron chi connectivity index (χ2n) is 4.26. The van der Waals surface area contributed by atoms with Crippen molar-refractivity contribution in [2.24, 2.45) is 0 Å². The van der Waals surface area contributed by atoms with E-state index in [4.69, 9.17) is 11.6 Å². The topological polar surface area (TPSA) is 66.9 Å². The molecule has 0 saturated heterocycles. The number of hydrogen-bond acceptors (Lipinski definition) is 4. The first-order valence-electron chi connectivity index (χ1n) is 6.43. The first-order valence-corrected chi connectivity index (χ1v) is 7.60. The Balaban J connectivity index is 2.20. The number of carbonyl (C=O) groups is 1. The van der Waals surface area contributed by atoms with Crippen LogP contribution in [0.4, 0.5) is 11.5 Å². The third-order valence-corrected chi connectivity index (χ3v) is 3.57. The SMILES string of the molecule is CCCNc1ccc(Cl)c(C(=O)Nc2ccncc2Br)n1. The summed E-state index contributed by atoms with van der Waals surface area (Å²) in [6.07, 6.45) is 4.16. The van der Waals surface area contributed by atoms with Gasteiger partial charge in [0.15, 0.2) is 0 Å². The molecule has 0 aliphatic carbocycles. The van der Waals surface area contributed by atoms with Crippen LogP contribution in [0.2, 0.25) is 5.02 Å². The van der Waals surface area contributed by atoms with Gasteiger partial charge < -0.3 is 10.6 Å². The summed E-state index contributed by atoms with van der Waals surface area (Å²) in [7, 11) is 0. The summed E-state index contributed by atoms with van der Waals surface area (Å²) in [4.78, 5) is 20.5. The Morgan fingerprint density at radius 1 is 1.38 bits per heavy atom. The van der Waals surface area contributed by atoms with E-state index < -0.39 is 0 Å². The van der Waals surface area contributed by atoms with Crippen molar-refractivity contribution in [1.82, 2.24) is 9.97 Å². The van der Waals surface area contributed by atoms with E-state index in [1.807, 2.05) is 0 Å². The lowest BCUT2D eigenvalue weighted by Crippen LogP contribution is -2.16. The monoisotopic (exact) mass is 368 g/mol. The van der Waals surface area contributed by atoms with Crippen LogP contribution in [0.1, 0.15) is 23.8 Å². The quantitative estimate of drug-likeness (QED) is 0.837. The molecule has 2 rings (SSSR count). The van der Waals surface area contributed by atoms with Gasteiger partial charge in [0.25, 0.3) is 5.91 Å². The van der Waals surface area contributed by atoms with Gasteiger partial charge >= 0.3 is 0 Å². The molecule has 0 atom stereocenters. The normalized spacial score (nSPS) is 10.2. The molecule has 7 heteroatoms. The maximum atomic E-state index is 12.3. The maximum Gasteiger partial charge on any atom is 0.275 e. The third kappa shape index (κ3) is 4.15. The maximum absolute atomic E-state index is 12.3. The highest BCUT2D eigenvalue weighted by atomic mass is 79.9. The van der Waals surface area contributed by atoms with Crippen molar-refractivity contribution in [3.63, 3.8) is 0 Å². The molecule has 110 valence electrons. The van der Waals surface area contributed by atoms with Crippen molar-refractivity contribution >= 4 is 44.9 Å². The van der Waals surface area contributed by atoms with Gasteiger partial charge in [0.05, 0.1) is 15.2 Å². The minimum Gasteiger partial charge on any atom is -0.370 e. The Bertz CT molecular complexity index is 651. The lowest BCUT2D eigenvalue weighted by molar-refractivity contribution is 0.102. The molecule has 0 radical (unpaired) electrons. The summed E-state index contributed by atoms with van der Waals surface area (Å²) in [6.45, 7) is 2.84. The van der Waals surface area contributed by atoms with Crippen LogP contribution >= 0.6 is 27.5 Å². The summed E-state index contributed by atoms with van der Waals surface area (Å²) >= 11 is 9.38. The van der Waals surface area contributed by atoms with Gasteiger partial charge in [0.2, 0.25) is 0 Å². The van der Waals surface area contributed by atoms with Crippen LogP contribution < -0.4 is 10.6 Å². The smallest absolute Gasteiger partial charge is 0.275 e. The van der Waals surface area contributed by atoms with Crippen LogP contribution in [-0.2, 0) is 0 Å². The number of pyridine rings is 2. The van der Waals surface area contributed by atoms with Gasteiger partial charge in [-0.3, -0.25) is 9.78 Å². The predicted molar refractivity (Wildman–Crippen MR) is 87.9 cm³/mol. The van der Waals surface area contributed by atoms with E-state index >= 15 is 0 Å². The van der Waals surface area contributed by atoms with E-state index in [1.165, 1.54) is 0 Å². The summed E-state index contributed by atoms with van der Waals surface area (Å²) in [5.74, 6) is 0.257. The number of anilines is 2. The molecule has 0 bridgehead atoms. The van der Waals surface area contributed by atoms with Crippen LogP contribution in [0.3, 0.4) is 0 Å². The van der Waals surface area contributed by atoms with Gasteiger partial charge in [-0.15, -0.1) is 0 Å². The molecule has 0 saturated carbocycles. The molecule has 0 aliphatic heterocycles. The highest BCUT2D eigenvalue weighted by Gasteiger charge is 2.14. The molecule has 0 unspecified atom stereocenters. The van der Waals surface area contributed by atoms with Crippen molar-refractivity contribution in [1.29, 1.82) is 0 Å². The van der Waals surface area contributed by atoms with E-state index in [-0.39, 0.29) is 11.6 Å². The zero-order valence-electron chi connectivity index (χ0n) is 11.4. The van der Waals surface area contributed by atoms with Crippen molar-refractivity contribution in [2.45, 2.75) is 13.3 Å². The van der Waals surface area contributed by atoms with Gasteiger partial charge in [-0.25, -0.2) is 4.98 Å². The van der Waals surface area contributed by atoms with Crippen LogP contribution in [0.5, 0.6) is 0 Å². The lowest BCUT2D eigenvalue weighted by Gasteiger charge is -2.10. The molecule has 0 fully saturated rings. The third-order valence-electron chi connectivity index (χ3n) is 2.64. The minimum absolute atomic E-state index is 0.182. The van der Waals surface area contributed by atoms with E-state index in [9.17, 15) is 4.79 Å². The molecule has 1 amide bonds. The number of nitrogens with one attached hydrogen (secondary N) is 2. The van der Waals surface area contributed by atoms with E-state index in [0.717, 1.165) is 13.0 Å². The van der Waals surface area contributed by atoms with Crippen molar-refractivity contribution in [2.75, 3.05) is 17.2 Å². The first-order chi connectivity index (χ1) is 10.1. The largest absolute Gasteiger partial charge is 0.370 e. The number of halogens is 2. The summed E-state index contributed by atoms with van der Waals surface area (Å²) in [5.41, 5.74) is 0.793. The van der Waals surface area contributed by atoms with Gasteiger partial charge in [-0.05, 0) is 40.5 Å². The summed E-state index contributed by atoms with van der Waals surface area (Å²) in [5, 5.41) is 6.18. The van der Waals surface area contributed by atoms with Crippen LogP contribution in [-0.4, -0.2) is 22.4 Å². The van der Waals surface area contributed by atoms with Gasteiger partial charge in [-0.1, -0.05) is 18.5 Å². The van der Waals surface area contributed by atoms with Crippen LogP contribution in [0, 0.1) is 0 Å². The van der Waals surface area contributed by atoms with Crippen molar-refractivity contribution in [3.05, 3.63) is 45.8 Å². The van der Waals surface area contributed by atoms with E-state index in [2.05, 4.69) is 43.5 Å². The molecule has 0 spiro atoms. The zero-order valence-corrected chi connectivity index (χ0v) is 13.7. The first kappa shape index (κ1) is 15.7. The van der Waals surface area contributed by atoms with E-state index in [0.29, 0.717) is 21.0 Å². The predicted octanol–water partition coefficient (Wildman–Crippen LogP) is 3.97. The molecule has 2 aromatic rings. The number of aromatic nitrogens is 2. The highest BCUT2D eigenvalue weighted by molar-refractivity contribution is 9.10. The Morgan fingerprint density at radius 2 is 2.19 bits per heavy atom. The highest BCUT2D eigenvalue weighted by Crippen LogP contribution is 2.22. The molecule has 5 nitrogen and oxygen atoms in total. The number of carbonyl (C=O) groups excluding carboxylic acids is 1. The van der Waals surface area contributed by atoms with Crippen LogP contribution in [0.15, 0.2) is 35.1 Å². The van der Waals surface area contributed by atoms with Crippen LogP contribution in [0.25, 0.3) is 0 Å². The number of amides is 1. The molecule has 2 heterocycles. The van der Waals surface area contributed by atoms with Crippen molar-refractivity contribution in [3.8, 4) is 0 Å². The summed E-state index contributed by atoms with van der Waals surface area (Å²) in [6, 6.07) is 5.09. The molecular weight excluding hydrogens is 356 g/mol. The fraction of sp³-hybridized carbons (Fsp3) is 0.214. The van der Waals surface area contributed by atoms with E-state index in [1.54, 1.807) is 30.6 Å². The average molecular weight is 370 g/mol. The minimum atomic E-state index is -0.368. The molecular formula is C14H14BrClN4O. The Morgan fingerprint density at radius 3 is 2.90 bits per heavy atom.